The second-order valence-electron chi connectivity index (χ2n) is 11.5. The van der Waals surface area contributed by atoms with E-state index in [1.165, 1.54) is 12.4 Å². The summed E-state index contributed by atoms with van der Waals surface area (Å²) in [5.41, 5.74) is 5.13. The quantitative estimate of drug-likeness (QED) is 0.214. The Kier molecular flexibility index (Phi) is 7.78. The zero-order chi connectivity index (χ0) is 30.8. The van der Waals surface area contributed by atoms with Crippen LogP contribution in [0.25, 0.3) is 33.5 Å². The third-order valence-corrected chi connectivity index (χ3v) is 8.60. The van der Waals surface area contributed by atoms with Gasteiger partial charge in [0.05, 0.1) is 18.0 Å². The molecule has 3 aromatic heterocycles. The Morgan fingerprint density at radius 2 is 1.69 bits per heavy atom. The molecule has 2 aliphatic heterocycles. The van der Waals surface area contributed by atoms with Gasteiger partial charge in [0, 0.05) is 85.1 Å². The predicted molar refractivity (Wildman–Crippen MR) is 170 cm³/mol. The molecule has 0 radical (unpaired) electrons. The van der Waals surface area contributed by atoms with Gasteiger partial charge in [-0.3, -0.25) is 19.6 Å². The SMILES string of the molecule is O=C(Nc1ccc2[nH]nc(-c3cc[n+]([O-])cc3)c2c1)[C@@H]1CCN(CC(=O)N2CCN(c3ccc(-c4ncccn4)cc3)CC2)C1. The van der Waals surface area contributed by atoms with Crippen LogP contribution in [-0.2, 0) is 9.59 Å². The van der Waals surface area contributed by atoms with Gasteiger partial charge >= 0.3 is 0 Å². The molecule has 12 heteroatoms. The van der Waals surface area contributed by atoms with E-state index in [4.69, 9.17) is 0 Å². The summed E-state index contributed by atoms with van der Waals surface area (Å²) < 4.78 is 0.729. The summed E-state index contributed by atoms with van der Waals surface area (Å²) in [7, 11) is 0. The van der Waals surface area contributed by atoms with Crippen molar-refractivity contribution in [1.82, 2.24) is 30.0 Å². The number of hydrogen-bond donors (Lipinski definition) is 2. The largest absolute Gasteiger partial charge is 0.619 e. The van der Waals surface area contributed by atoms with Gasteiger partial charge < -0.3 is 20.3 Å². The van der Waals surface area contributed by atoms with Crippen molar-refractivity contribution in [3.05, 3.63) is 90.7 Å². The van der Waals surface area contributed by atoms with E-state index in [1.807, 2.05) is 35.2 Å². The highest BCUT2D eigenvalue weighted by molar-refractivity contribution is 5.99. The van der Waals surface area contributed by atoms with E-state index in [0.717, 1.165) is 45.5 Å². The second-order valence-corrected chi connectivity index (χ2v) is 11.5. The summed E-state index contributed by atoms with van der Waals surface area (Å²) in [6.45, 7) is 4.44. The molecule has 5 heterocycles. The first kappa shape index (κ1) is 28.4. The number of anilines is 2. The number of piperazine rings is 1. The number of likely N-dealkylation sites (tertiary alicyclic amines) is 1. The first-order valence-electron chi connectivity index (χ1n) is 15.1. The van der Waals surface area contributed by atoms with Crippen molar-refractivity contribution in [1.29, 1.82) is 0 Å². The van der Waals surface area contributed by atoms with E-state index in [1.54, 1.807) is 30.6 Å². The summed E-state index contributed by atoms with van der Waals surface area (Å²) >= 11 is 0. The number of fused-ring (bicyclic) bond motifs is 1. The molecular weight excluding hydrogens is 570 g/mol. The van der Waals surface area contributed by atoms with E-state index in [9.17, 15) is 14.8 Å². The summed E-state index contributed by atoms with van der Waals surface area (Å²) in [5, 5.41) is 22.8. The van der Waals surface area contributed by atoms with Crippen LogP contribution in [0.5, 0.6) is 0 Å². The molecule has 0 spiro atoms. The highest BCUT2D eigenvalue weighted by atomic mass is 16.5. The fourth-order valence-corrected chi connectivity index (χ4v) is 6.09. The molecule has 0 bridgehead atoms. The molecular formula is C33H33N9O3. The van der Waals surface area contributed by atoms with Gasteiger partial charge in [-0.05, 0) is 61.5 Å². The van der Waals surface area contributed by atoms with Crippen molar-refractivity contribution in [2.45, 2.75) is 6.42 Å². The molecule has 0 aliphatic carbocycles. The van der Waals surface area contributed by atoms with E-state index < -0.39 is 0 Å². The predicted octanol–water partition coefficient (Wildman–Crippen LogP) is 2.93. The van der Waals surface area contributed by atoms with Gasteiger partial charge in [0.2, 0.25) is 11.8 Å². The van der Waals surface area contributed by atoms with Gasteiger partial charge in [-0.2, -0.15) is 9.83 Å². The Hall–Kier alpha value is -5.36. The van der Waals surface area contributed by atoms with E-state index in [0.29, 0.717) is 56.4 Å². The average Bonchev–Trinajstić information content (AvgIpc) is 3.73. The first-order valence-corrected chi connectivity index (χ1v) is 15.1. The van der Waals surface area contributed by atoms with Crippen LogP contribution in [0, 0.1) is 11.1 Å². The minimum absolute atomic E-state index is 0.0556. The number of pyridine rings is 1. The summed E-state index contributed by atoms with van der Waals surface area (Å²) in [6.07, 6.45) is 7.04. The summed E-state index contributed by atoms with van der Waals surface area (Å²) in [5.74, 6) is 0.559. The van der Waals surface area contributed by atoms with Crippen LogP contribution < -0.4 is 14.9 Å². The molecule has 12 nitrogen and oxygen atoms in total. The molecule has 2 fully saturated rings. The van der Waals surface area contributed by atoms with Crippen molar-refractivity contribution < 1.29 is 14.3 Å². The van der Waals surface area contributed by atoms with Gasteiger partial charge in [0.1, 0.15) is 5.69 Å². The summed E-state index contributed by atoms with van der Waals surface area (Å²) in [4.78, 5) is 41.3. The van der Waals surface area contributed by atoms with Crippen LogP contribution in [0.4, 0.5) is 11.4 Å². The molecule has 228 valence electrons. The number of carbonyl (C=O) groups is 2. The lowest BCUT2D eigenvalue weighted by Crippen LogP contribution is -2.51. The van der Waals surface area contributed by atoms with Gasteiger partial charge in [-0.25, -0.2) is 9.97 Å². The normalized spacial score (nSPS) is 17.1. The fraction of sp³-hybridized carbons (Fsp3) is 0.273. The van der Waals surface area contributed by atoms with Gasteiger partial charge in [0.15, 0.2) is 18.2 Å². The highest BCUT2D eigenvalue weighted by Crippen LogP contribution is 2.29. The molecule has 45 heavy (non-hydrogen) atoms. The number of rotatable bonds is 7. The number of hydrogen-bond acceptors (Lipinski definition) is 8. The molecule has 0 saturated carbocycles. The number of aromatic amines is 1. The molecule has 2 N–H and O–H groups in total. The van der Waals surface area contributed by atoms with Crippen LogP contribution in [0.1, 0.15) is 6.42 Å². The van der Waals surface area contributed by atoms with Crippen LogP contribution in [0.3, 0.4) is 0 Å². The number of aromatic nitrogens is 5. The van der Waals surface area contributed by atoms with E-state index in [2.05, 4.69) is 47.4 Å². The maximum absolute atomic E-state index is 13.2. The Morgan fingerprint density at radius 1 is 0.933 bits per heavy atom. The fourth-order valence-electron chi connectivity index (χ4n) is 6.09. The lowest BCUT2D eigenvalue weighted by molar-refractivity contribution is -0.605. The molecule has 2 aromatic carbocycles. The zero-order valence-electron chi connectivity index (χ0n) is 24.7. The highest BCUT2D eigenvalue weighted by Gasteiger charge is 2.31. The second kappa shape index (κ2) is 12.3. The minimum Gasteiger partial charge on any atom is -0.619 e. The van der Waals surface area contributed by atoms with Gasteiger partial charge in [-0.15, -0.1) is 0 Å². The monoisotopic (exact) mass is 603 g/mol. The Morgan fingerprint density at radius 3 is 2.44 bits per heavy atom. The van der Waals surface area contributed by atoms with Crippen molar-refractivity contribution >= 4 is 34.1 Å². The first-order chi connectivity index (χ1) is 22.0. The maximum atomic E-state index is 13.2. The molecule has 7 rings (SSSR count). The third-order valence-electron chi connectivity index (χ3n) is 8.60. The molecule has 2 saturated heterocycles. The Balaban J connectivity index is 0.899. The number of carbonyl (C=O) groups excluding carboxylic acids is 2. The van der Waals surface area contributed by atoms with E-state index >= 15 is 0 Å². The molecule has 2 amide bonds. The number of benzene rings is 2. The van der Waals surface area contributed by atoms with Crippen LogP contribution >= 0.6 is 0 Å². The van der Waals surface area contributed by atoms with E-state index in [-0.39, 0.29) is 17.7 Å². The van der Waals surface area contributed by atoms with Crippen LogP contribution in [-0.4, -0.2) is 87.6 Å². The topological polar surface area (TPSA) is 137 Å². The van der Waals surface area contributed by atoms with Crippen molar-refractivity contribution in [3.63, 3.8) is 0 Å². The number of H-pyrrole nitrogens is 1. The Bertz CT molecular complexity index is 1800. The number of nitrogens with zero attached hydrogens (tertiary/aromatic N) is 7. The van der Waals surface area contributed by atoms with Crippen molar-refractivity contribution in [3.8, 4) is 22.6 Å². The lowest BCUT2D eigenvalue weighted by atomic mass is 10.1. The zero-order valence-corrected chi connectivity index (χ0v) is 24.7. The maximum Gasteiger partial charge on any atom is 0.236 e. The molecule has 0 unspecified atom stereocenters. The molecule has 1 atom stereocenters. The number of amides is 2. The molecule has 2 aliphatic rings. The summed E-state index contributed by atoms with van der Waals surface area (Å²) in [6, 6.07) is 19.1. The van der Waals surface area contributed by atoms with Crippen molar-refractivity contribution in [2.24, 2.45) is 5.92 Å². The van der Waals surface area contributed by atoms with Crippen LogP contribution in [0.15, 0.2) is 85.5 Å². The third kappa shape index (κ3) is 6.18. The molecule has 5 aromatic rings. The lowest BCUT2D eigenvalue weighted by Gasteiger charge is -2.36. The van der Waals surface area contributed by atoms with Gasteiger partial charge in [0.25, 0.3) is 0 Å². The minimum atomic E-state index is -0.194. The van der Waals surface area contributed by atoms with Crippen LogP contribution in [0.2, 0.25) is 0 Å². The smallest absolute Gasteiger partial charge is 0.236 e. The van der Waals surface area contributed by atoms with Crippen molar-refractivity contribution in [2.75, 3.05) is 56.0 Å². The average molecular weight is 604 g/mol. The Labute approximate surface area is 259 Å². The standard InChI is InChI=1S/C33H33N9O3/c43-30(41-18-16-40(17-19-41)27-5-2-24(3-6-27)32-34-11-1-12-35-32)22-39-13-8-25(21-39)33(44)36-26-4-7-29-28(20-26)31(38-37-29)23-9-14-42(45)15-10-23/h1-7,9-12,14-15,20,25H,8,13,16-19,21-22H2,(H,36,44)(H,37,38)/t25-/m1/s1. The van der Waals surface area contributed by atoms with Gasteiger partial charge in [-0.1, -0.05) is 0 Å². The number of nitrogens with one attached hydrogen (secondary N) is 2.